The fourth-order valence-corrected chi connectivity index (χ4v) is 2.83. The number of carbonyl (C=O) groups excluding carboxylic acids is 1. The third kappa shape index (κ3) is 4.66. The quantitative estimate of drug-likeness (QED) is 0.896. The van der Waals surface area contributed by atoms with Crippen molar-refractivity contribution in [2.75, 3.05) is 26.2 Å². The van der Waals surface area contributed by atoms with E-state index in [1.165, 1.54) is 0 Å². The third-order valence-electron chi connectivity index (χ3n) is 4.02. The molecule has 1 unspecified atom stereocenters. The Bertz CT molecular complexity index is 501. The Balaban J connectivity index is 1.83. The van der Waals surface area contributed by atoms with E-state index in [4.69, 9.17) is 11.6 Å². The van der Waals surface area contributed by atoms with Crippen LogP contribution in [0.1, 0.15) is 26.3 Å². The van der Waals surface area contributed by atoms with Gasteiger partial charge >= 0.3 is 0 Å². The molecule has 5 nitrogen and oxygen atoms in total. The van der Waals surface area contributed by atoms with Crippen molar-refractivity contribution in [1.82, 2.24) is 20.1 Å². The average Bonchev–Trinajstić information content (AvgIpc) is 2.49. The summed E-state index contributed by atoms with van der Waals surface area (Å²) in [5, 5.41) is 3.70. The van der Waals surface area contributed by atoms with Gasteiger partial charge in [0, 0.05) is 51.2 Å². The second-order valence-electron chi connectivity index (χ2n) is 6.12. The Morgan fingerprint density at radius 2 is 2.00 bits per heavy atom. The van der Waals surface area contributed by atoms with Gasteiger partial charge in [-0.1, -0.05) is 11.6 Å². The number of aromatic nitrogens is 1. The van der Waals surface area contributed by atoms with Crippen LogP contribution in [-0.2, 0) is 11.3 Å². The molecule has 1 aromatic rings. The molecule has 1 fully saturated rings. The number of piperazine rings is 1. The van der Waals surface area contributed by atoms with Gasteiger partial charge in [-0.25, -0.2) is 0 Å². The van der Waals surface area contributed by atoms with Crippen molar-refractivity contribution in [2.45, 2.75) is 39.4 Å². The van der Waals surface area contributed by atoms with E-state index in [0.29, 0.717) is 0 Å². The van der Waals surface area contributed by atoms with E-state index in [-0.39, 0.29) is 18.0 Å². The fourth-order valence-electron chi connectivity index (χ4n) is 2.65. The highest BCUT2D eigenvalue weighted by Crippen LogP contribution is 2.17. The first-order valence-electron chi connectivity index (χ1n) is 7.82. The lowest BCUT2D eigenvalue weighted by atomic mass is 10.2. The van der Waals surface area contributed by atoms with Gasteiger partial charge in [-0.2, -0.15) is 0 Å². The summed E-state index contributed by atoms with van der Waals surface area (Å²) in [5.74, 6) is 0.112. The number of halogens is 1. The van der Waals surface area contributed by atoms with Crippen LogP contribution >= 0.6 is 11.6 Å². The molecule has 1 aromatic heterocycles. The number of nitrogens with one attached hydrogen (secondary N) is 1. The Labute approximate surface area is 137 Å². The molecular formula is C16H25ClN4O. The van der Waals surface area contributed by atoms with E-state index in [1.807, 2.05) is 26.8 Å². The van der Waals surface area contributed by atoms with Crippen LogP contribution in [-0.4, -0.2) is 59.0 Å². The van der Waals surface area contributed by atoms with Gasteiger partial charge in [0.05, 0.1) is 11.1 Å². The minimum atomic E-state index is -0.0749. The monoisotopic (exact) mass is 324 g/mol. The molecule has 2 rings (SSSR count). The maximum atomic E-state index is 12.1. The number of rotatable bonds is 5. The van der Waals surface area contributed by atoms with Gasteiger partial charge in [-0.05, 0) is 32.4 Å². The van der Waals surface area contributed by atoms with Crippen molar-refractivity contribution in [1.29, 1.82) is 0 Å². The Morgan fingerprint density at radius 3 is 2.59 bits per heavy atom. The van der Waals surface area contributed by atoms with Crippen LogP contribution in [0.5, 0.6) is 0 Å². The lowest BCUT2D eigenvalue weighted by Gasteiger charge is -2.37. The Morgan fingerprint density at radius 1 is 1.32 bits per heavy atom. The van der Waals surface area contributed by atoms with Crippen LogP contribution in [0.25, 0.3) is 0 Å². The molecule has 1 saturated heterocycles. The first kappa shape index (κ1) is 17.2. The smallest absolute Gasteiger partial charge is 0.237 e. The van der Waals surface area contributed by atoms with Gasteiger partial charge in [0.25, 0.3) is 0 Å². The fraction of sp³-hybridized carbons (Fsp3) is 0.625. The summed E-state index contributed by atoms with van der Waals surface area (Å²) in [6.45, 7) is 10.5. The number of amides is 1. The van der Waals surface area contributed by atoms with E-state index in [1.54, 1.807) is 12.4 Å². The minimum absolute atomic E-state index is 0.0749. The van der Waals surface area contributed by atoms with Crippen LogP contribution in [0.4, 0.5) is 0 Å². The molecular weight excluding hydrogens is 300 g/mol. The largest absolute Gasteiger partial charge is 0.353 e. The zero-order chi connectivity index (χ0) is 16.1. The van der Waals surface area contributed by atoms with Crippen molar-refractivity contribution in [2.24, 2.45) is 0 Å². The molecule has 0 spiro atoms. The predicted octanol–water partition coefficient (Wildman–Crippen LogP) is 1.77. The molecule has 0 bridgehead atoms. The van der Waals surface area contributed by atoms with Crippen molar-refractivity contribution in [3.05, 3.63) is 29.0 Å². The molecule has 2 heterocycles. The summed E-state index contributed by atoms with van der Waals surface area (Å²) < 4.78 is 0. The highest BCUT2D eigenvalue weighted by Gasteiger charge is 2.25. The third-order valence-corrected chi connectivity index (χ3v) is 4.36. The lowest BCUT2D eigenvalue weighted by Crippen LogP contribution is -2.54. The molecule has 22 heavy (non-hydrogen) atoms. The van der Waals surface area contributed by atoms with E-state index in [9.17, 15) is 4.79 Å². The number of hydrogen-bond donors (Lipinski definition) is 1. The highest BCUT2D eigenvalue weighted by molar-refractivity contribution is 6.31. The lowest BCUT2D eigenvalue weighted by molar-refractivity contribution is -0.127. The Hall–Kier alpha value is -1.17. The minimum Gasteiger partial charge on any atom is -0.353 e. The van der Waals surface area contributed by atoms with Gasteiger partial charge in [-0.15, -0.1) is 0 Å². The molecule has 6 heteroatoms. The first-order chi connectivity index (χ1) is 10.5. The molecule has 0 aliphatic carbocycles. The molecule has 1 aliphatic heterocycles. The summed E-state index contributed by atoms with van der Waals surface area (Å²) in [6, 6.07) is 2.08. The SMILES string of the molecule is CC(C)NC(=O)C(C)N1CCN(Cc2ccncc2Cl)CC1. The van der Waals surface area contributed by atoms with E-state index < -0.39 is 0 Å². The highest BCUT2D eigenvalue weighted by atomic mass is 35.5. The molecule has 1 atom stereocenters. The zero-order valence-corrected chi connectivity index (χ0v) is 14.3. The van der Waals surface area contributed by atoms with E-state index in [0.717, 1.165) is 43.3 Å². The van der Waals surface area contributed by atoms with Crippen LogP contribution in [0.2, 0.25) is 5.02 Å². The van der Waals surface area contributed by atoms with Crippen molar-refractivity contribution in [3.63, 3.8) is 0 Å². The van der Waals surface area contributed by atoms with E-state index in [2.05, 4.69) is 20.1 Å². The van der Waals surface area contributed by atoms with Gasteiger partial charge in [-0.3, -0.25) is 19.6 Å². The number of carbonyl (C=O) groups is 1. The molecule has 0 aromatic carbocycles. The second kappa shape index (κ2) is 7.90. The van der Waals surface area contributed by atoms with Crippen molar-refractivity contribution < 1.29 is 4.79 Å². The standard InChI is InChI=1S/C16H25ClN4O/c1-12(2)19-16(22)13(3)21-8-6-20(7-9-21)11-14-4-5-18-10-15(14)17/h4-5,10,12-13H,6-9,11H2,1-3H3,(H,19,22). The summed E-state index contributed by atoms with van der Waals surface area (Å²) in [4.78, 5) is 20.7. The van der Waals surface area contributed by atoms with Crippen LogP contribution in [0.15, 0.2) is 18.5 Å². The Kier molecular flexibility index (Phi) is 6.17. The van der Waals surface area contributed by atoms with E-state index >= 15 is 0 Å². The molecule has 1 aliphatic rings. The maximum Gasteiger partial charge on any atom is 0.237 e. The number of pyridine rings is 1. The summed E-state index contributed by atoms with van der Waals surface area (Å²) in [6.07, 6.45) is 3.46. The summed E-state index contributed by atoms with van der Waals surface area (Å²) in [5.41, 5.74) is 1.11. The number of hydrogen-bond acceptors (Lipinski definition) is 4. The predicted molar refractivity (Wildman–Crippen MR) is 88.8 cm³/mol. The molecule has 0 saturated carbocycles. The van der Waals surface area contributed by atoms with Crippen LogP contribution < -0.4 is 5.32 Å². The topological polar surface area (TPSA) is 48.5 Å². The average molecular weight is 325 g/mol. The van der Waals surface area contributed by atoms with Crippen LogP contribution in [0, 0.1) is 0 Å². The van der Waals surface area contributed by atoms with Gasteiger partial charge in [0.2, 0.25) is 5.91 Å². The van der Waals surface area contributed by atoms with Gasteiger partial charge in [0.15, 0.2) is 0 Å². The molecule has 122 valence electrons. The molecule has 1 N–H and O–H groups in total. The zero-order valence-electron chi connectivity index (χ0n) is 13.6. The van der Waals surface area contributed by atoms with Crippen molar-refractivity contribution >= 4 is 17.5 Å². The van der Waals surface area contributed by atoms with Crippen LogP contribution in [0.3, 0.4) is 0 Å². The van der Waals surface area contributed by atoms with Gasteiger partial charge in [0.1, 0.15) is 0 Å². The van der Waals surface area contributed by atoms with Gasteiger partial charge < -0.3 is 5.32 Å². The summed E-state index contributed by atoms with van der Waals surface area (Å²) in [7, 11) is 0. The first-order valence-corrected chi connectivity index (χ1v) is 8.20. The number of nitrogens with zero attached hydrogens (tertiary/aromatic N) is 3. The second-order valence-corrected chi connectivity index (χ2v) is 6.53. The summed E-state index contributed by atoms with van der Waals surface area (Å²) >= 11 is 6.16. The normalized spacial score (nSPS) is 18.4. The molecule has 1 amide bonds. The molecule has 0 radical (unpaired) electrons. The van der Waals surface area contributed by atoms with Crippen molar-refractivity contribution in [3.8, 4) is 0 Å². The maximum absolute atomic E-state index is 12.1.